The van der Waals surface area contributed by atoms with Crippen molar-refractivity contribution >= 4 is 62.3 Å². The van der Waals surface area contributed by atoms with Crippen LogP contribution in [0.5, 0.6) is 0 Å². The number of rotatable bonds is 11. The minimum absolute atomic E-state index is 0.0236. The Balaban J connectivity index is 2.48. The summed E-state index contributed by atoms with van der Waals surface area (Å²) < 4.78 is 26.3. The highest BCUT2D eigenvalue weighted by Gasteiger charge is 2.32. The number of nitrogens with zero attached hydrogens (tertiary/aromatic N) is 2. The van der Waals surface area contributed by atoms with E-state index in [4.69, 9.17) is 34.8 Å². The third-order valence-corrected chi connectivity index (χ3v) is 7.50. The first-order valence-corrected chi connectivity index (χ1v) is 14.1. The number of anilines is 1. The number of sulfonamides is 1. The van der Waals surface area contributed by atoms with E-state index in [9.17, 15) is 18.0 Å². The molecule has 11 heteroatoms. The van der Waals surface area contributed by atoms with Gasteiger partial charge in [-0.3, -0.25) is 13.9 Å². The van der Waals surface area contributed by atoms with Gasteiger partial charge in [0.1, 0.15) is 12.6 Å². The molecule has 1 unspecified atom stereocenters. The quantitative estimate of drug-likeness (QED) is 0.388. The van der Waals surface area contributed by atoms with E-state index in [0.29, 0.717) is 13.0 Å². The van der Waals surface area contributed by atoms with Gasteiger partial charge in [0.2, 0.25) is 21.8 Å². The fraction of sp³-hybridized carbons (Fsp3) is 0.417. The van der Waals surface area contributed by atoms with Gasteiger partial charge in [-0.15, -0.1) is 0 Å². The highest BCUT2D eigenvalue weighted by Crippen LogP contribution is 2.35. The molecular formula is C24H30Cl3N3O4S. The van der Waals surface area contributed by atoms with Crippen molar-refractivity contribution < 1.29 is 18.0 Å². The number of carbonyl (C=O) groups is 2. The van der Waals surface area contributed by atoms with E-state index >= 15 is 0 Å². The number of halogens is 3. The highest BCUT2D eigenvalue weighted by atomic mass is 35.5. The van der Waals surface area contributed by atoms with Gasteiger partial charge >= 0.3 is 0 Å². The lowest BCUT2D eigenvalue weighted by Gasteiger charge is -2.33. The van der Waals surface area contributed by atoms with Crippen molar-refractivity contribution in [2.75, 3.05) is 23.7 Å². The first-order valence-electron chi connectivity index (χ1n) is 11.1. The van der Waals surface area contributed by atoms with E-state index < -0.39 is 28.5 Å². The lowest BCUT2D eigenvalue weighted by molar-refractivity contribution is -0.140. The topological polar surface area (TPSA) is 86.8 Å². The summed E-state index contributed by atoms with van der Waals surface area (Å²) in [5.74, 6) is -0.857. The van der Waals surface area contributed by atoms with Gasteiger partial charge in [-0.1, -0.05) is 78.5 Å². The van der Waals surface area contributed by atoms with Crippen LogP contribution in [0.3, 0.4) is 0 Å². The Hall–Kier alpha value is -2.00. The first kappa shape index (κ1) is 29.2. The zero-order valence-electron chi connectivity index (χ0n) is 20.1. The van der Waals surface area contributed by atoms with Crippen LogP contribution < -0.4 is 9.62 Å². The lowest BCUT2D eigenvalue weighted by Crippen LogP contribution is -2.52. The maximum atomic E-state index is 13.6. The summed E-state index contributed by atoms with van der Waals surface area (Å²) in [6.07, 6.45) is 2.06. The summed E-state index contributed by atoms with van der Waals surface area (Å²) in [5, 5.41) is 3.10. The van der Waals surface area contributed by atoms with Crippen molar-refractivity contribution in [3.8, 4) is 0 Å². The summed E-state index contributed by atoms with van der Waals surface area (Å²) in [7, 11) is -3.94. The third-order valence-electron chi connectivity index (χ3n) is 5.35. The van der Waals surface area contributed by atoms with Crippen LogP contribution in [0.4, 0.5) is 5.69 Å². The van der Waals surface area contributed by atoms with Gasteiger partial charge in [0, 0.05) is 13.1 Å². The van der Waals surface area contributed by atoms with Crippen LogP contribution in [-0.2, 0) is 26.2 Å². The van der Waals surface area contributed by atoms with Gasteiger partial charge in [0.05, 0.1) is 27.0 Å². The van der Waals surface area contributed by atoms with Crippen molar-refractivity contribution in [2.24, 2.45) is 0 Å². The maximum absolute atomic E-state index is 13.6. The van der Waals surface area contributed by atoms with Gasteiger partial charge in [-0.25, -0.2) is 8.42 Å². The molecule has 1 N–H and O–H groups in total. The lowest BCUT2D eigenvalue weighted by atomic mass is 10.1. The minimum atomic E-state index is -3.94. The molecule has 0 bridgehead atoms. The largest absolute Gasteiger partial charge is 0.354 e. The van der Waals surface area contributed by atoms with Crippen LogP contribution in [0.2, 0.25) is 15.1 Å². The van der Waals surface area contributed by atoms with Crippen LogP contribution in [0.1, 0.15) is 37.8 Å². The molecule has 1 atom stereocenters. The summed E-state index contributed by atoms with van der Waals surface area (Å²) in [6, 6.07) is 9.40. The summed E-state index contributed by atoms with van der Waals surface area (Å²) >= 11 is 18.4. The van der Waals surface area contributed by atoms with Gasteiger partial charge < -0.3 is 10.2 Å². The third kappa shape index (κ3) is 8.00. The van der Waals surface area contributed by atoms with Crippen LogP contribution >= 0.6 is 34.8 Å². The van der Waals surface area contributed by atoms with E-state index in [1.54, 1.807) is 6.92 Å². The minimum Gasteiger partial charge on any atom is -0.354 e. The molecule has 35 heavy (non-hydrogen) atoms. The summed E-state index contributed by atoms with van der Waals surface area (Å²) in [5.41, 5.74) is 1.89. The highest BCUT2D eigenvalue weighted by molar-refractivity contribution is 7.92. The number of hydrogen-bond donors (Lipinski definition) is 1. The Labute approximate surface area is 222 Å². The molecule has 0 saturated carbocycles. The fourth-order valence-corrected chi connectivity index (χ4v) is 5.02. The molecule has 0 aliphatic heterocycles. The molecule has 0 aromatic heterocycles. The number of aryl methyl sites for hydroxylation is 1. The second-order valence-corrected chi connectivity index (χ2v) is 11.3. The molecule has 0 saturated heterocycles. The number of carbonyl (C=O) groups excluding carboxylic acids is 2. The molecule has 192 valence electrons. The average molecular weight is 563 g/mol. The molecule has 0 heterocycles. The molecule has 0 radical (unpaired) electrons. The molecule has 2 aromatic carbocycles. The number of hydrogen-bond acceptors (Lipinski definition) is 4. The zero-order chi connectivity index (χ0) is 26.3. The number of nitrogens with one attached hydrogen (secondary N) is 1. The molecule has 7 nitrogen and oxygen atoms in total. The molecule has 2 amide bonds. The van der Waals surface area contributed by atoms with E-state index in [0.717, 1.165) is 28.1 Å². The van der Waals surface area contributed by atoms with E-state index in [1.165, 1.54) is 17.0 Å². The molecule has 0 aliphatic rings. The zero-order valence-corrected chi connectivity index (χ0v) is 23.2. The van der Waals surface area contributed by atoms with Gasteiger partial charge in [0.15, 0.2) is 0 Å². The molecular weight excluding hydrogens is 533 g/mol. The van der Waals surface area contributed by atoms with Gasteiger partial charge in [-0.05, 0) is 37.5 Å². The van der Waals surface area contributed by atoms with E-state index in [-0.39, 0.29) is 33.2 Å². The standard InChI is InChI=1S/C24H30Cl3N3O4S/c1-5-11-28-24(32)21(6-2)29(14-17-9-7-16(3)8-10-17)23(31)15-30(35(4,33)34)22-13-19(26)18(25)12-20(22)27/h7-10,12-13,21H,5-6,11,14-15H2,1-4H3,(H,28,32). The Morgan fingerprint density at radius 3 is 2.14 bits per heavy atom. The van der Waals surface area contributed by atoms with Gasteiger partial charge in [-0.2, -0.15) is 0 Å². The predicted octanol–water partition coefficient (Wildman–Crippen LogP) is 5.05. The average Bonchev–Trinajstić information content (AvgIpc) is 2.79. The van der Waals surface area contributed by atoms with Crippen LogP contribution in [0.25, 0.3) is 0 Å². The Morgan fingerprint density at radius 1 is 1.00 bits per heavy atom. The number of benzene rings is 2. The Bertz CT molecular complexity index is 1160. The predicted molar refractivity (Wildman–Crippen MR) is 143 cm³/mol. The second kappa shape index (κ2) is 12.8. The van der Waals surface area contributed by atoms with Crippen molar-refractivity contribution in [1.29, 1.82) is 0 Å². The van der Waals surface area contributed by atoms with Crippen molar-refractivity contribution in [2.45, 2.75) is 46.2 Å². The fourth-order valence-electron chi connectivity index (χ4n) is 3.47. The molecule has 2 aromatic rings. The molecule has 0 spiro atoms. The molecule has 0 fully saturated rings. The Kier molecular flexibility index (Phi) is 10.7. The second-order valence-electron chi connectivity index (χ2n) is 8.21. The van der Waals surface area contributed by atoms with Crippen LogP contribution in [0, 0.1) is 6.92 Å². The normalized spacial score (nSPS) is 12.2. The monoisotopic (exact) mass is 561 g/mol. The van der Waals surface area contributed by atoms with Crippen LogP contribution in [0.15, 0.2) is 36.4 Å². The van der Waals surface area contributed by atoms with Crippen LogP contribution in [-0.4, -0.2) is 50.5 Å². The molecule has 2 rings (SSSR count). The summed E-state index contributed by atoms with van der Waals surface area (Å²) in [6.45, 7) is 5.71. The SMILES string of the molecule is CCCNC(=O)C(CC)N(Cc1ccc(C)cc1)C(=O)CN(c1cc(Cl)c(Cl)cc1Cl)S(C)(=O)=O. The smallest absolute Gasteiger partial charge is 0.244 e. The van der Waals surface area contributed by atoms with Crippen molar-refractivity contribution in [3.05, 3.63) is 62.6 Å². The van der Waals surface area contributed by atoms with Crippen molar-refractivity contribution in [1.82, 2.24) is 10.2 Å². The van der Waals surface area contributed by atoms with Gasteiger partial charge in [0.25, 0.3) is 0 Å². The molecule has 0 aliphatic carbocycles. The first-order chi connectivity index (χ1) is 16.4. The number of amides is 2. The summed E-state index contributed by atoms with van der Waals surface area (Å²) in [4.78, 5) is 27.9. The van der Waals surface area contributed by atoms with E-state index in [1.807, 2.05) is 38.1 Å². The maximum Gasteiger partial charge on any atom is 0.244 e. The van der Waals surface area contributed by atoms with E-state index in [2.05, 4.69) is 5.32 Å². The Morgan fingerprint density at radius 2 is 1.60 bits per heavy atom. The van der Waals surface area contributed by atoms with Crippen molar-refractivity contribution in [3.63, 3.8) is 0 Å².